The molecule has 0 spiro atoms. The number of halogens is 4. The van der Waals surface area contributed by atoms with E-state index in [1.807, 2.05) is 0 Å². The van der Waals surface area contributed by atoms with Gasteiger partial charge in [-0.25, -0.2) is 9.07 Å². The predicted molar refractivity (Wildman–Crippen MR) is 100 cm³/mol. The summed E-state index contributed by atoms with van der Waals surface area (Å²) in [5.74, 6) is -1.83. The van der Waals surface area contributed by atoms with Gasteiger partial charge in [0.2, 0.25) is 5.91 Å². The molecule has 2 amide bonds. The second-order valence-corrected chi connectivity index (χ2v) is 8.10. The van der Waals surface area contributed by atoms with Gasteiger partial charge in [0.1, 0.15) is 11.5 Å². The van der Waals surface area contributed by atoms with Gasteiger partial charge in [-0.2, -0.15) is 18.3 Å². The lowest BCUT2D eigenvalue weighted by atomic mass is 9.94. The van der Waals surface area contributed by atoms with E-state index in [9.17, 15) is 27.2 Å². The minimum absolute atomic E-state index is 0.0852. The fourth-order valence-electron chi connectivity index (χ4n) is 3.34. The van der Waals surface area contributed by atoms with E-state index in [1.54, 1.807) is 25.7 Å². The molecule has 3 rings (SSSR count). The van der Waals surface area contributed by atoms with Gasteiger partial charge in [-0.15, -0.1) is 0 Å². The highest BCUT2D eigenvalue weighted by atomic mass is 19.4. The van der Waals surface area contributed by atoms with Gasteiger partial charge in [-0.1, -0.05) is 32.9 Å². The van der Waals surface area contributed by atoms with Gasteiger partial charge >= 0.3 is 6.18 Å². The highest BCUT2D eigenvalue weighted by Gasteiger charge is 2.42. The average molecular weight is 426 g/mol. The number of carbonyl (C=O) groups is 2. The lowest BCUT2D eigenvalue weighted by molar-refractivity contribution is -0.143. The Morgan fingerprint density at radius 3 is 2.07 bits per heavy atom. The maximum atomic E-state index is 14.1. The molecule has 1 aromatic heterocycles. The summed E-state index contributed by atoms with van der Waals surface area (Å²) in [5, 5.41) is 3.65. The largest absolute Gasteiger partial charge is 0.434 e. The minimum atomic E-state index is -4.92. The Bertz CT molecular complexity index is 954. The minimum Gasteiger partial charge on any atom is -0.339 e. The zero-order valence-electron chi connectivity index (χ0n) is 16.8. The van der Waals surface area contributed by atoms with Gasteiger partial charge in [-0.05, 0) is 12.1 Å². The normalized spacial score (nSPS) is 15.4. The summed E-state index contributed by atoms with van der Waals surface area (Å²) in [6, 6.07) is 4.90. The number of alkyl halides is 3. The second-order valence-electron chi connectivity index (χ2n) is 8.10. The lowest BCUT2D eigenvalue weighted by Crippen LogP contribution is -2.53. The molecule has 0 bridgehead atoms. The molecule has 1 fully saturated rings. The third-order valence-electron chi connectivity index (χ3n) is 4.84. The first-order chi connectivity index (χ1) is 13.9. The molecular formula is C20H22F4N4O2. The van der Waals surface area contributed by atoms with Gasteiger partial charge in [0.05, 0.1) is 11.8 Å². The van der Waals surface area contributed by atoms with Crippen LogP contribution in [0, 0.1) is 11.2 Å². The zero-order valence-corrected chi connectivity index (χ0v) is 16.8. The number of benzene rings is 1. The van der Waals surface area contributed by atoms with Crippen LogP contribution in [0.25, 0.3) is 5.69 Å². The van der Waals surface area contributed by atoms with Crippen LogP contribution < -0.4 is 0 Å². The Balaban J connectivity index is 1.88. The van der Waals surface area contributed by atoms with Crippen molar-refractivity contribution in [3.63, 3.8) is 0 Å². The Kier molecular flexibility index (Phi) is 5.62. The van der Waals surface area contributed by atoms with E-state index >= 15 is 0 Å². The quantitative estimate of drug-likeness (QED) is 0.692. The number of hydrogen-bond donors (Lipinski definition) is 0. The third kappa shape index (κ3) is 4.17. The molecule has 0 radical (unpaired) electrons. The van der Waals surface area contributed by atoms with Crippen LogP contribution in [0.15, 0.2) is 30.5 Å². The summed E-state index contributed by atoms with van der Waals surface area (Å²) in [5.41, 5.74) is -2.96. The van der Waals surface area contributed by atoms with Crippen molar-refractivity contribution in [2.75, 3.05) is 26.2 Å². The smallest absolute Gasteiger partial charge is 0.339 e. The summed E-state index contributed by atoms with van der Waals surface area (Å²) in [6.45, 7) is 5.99. The maximum absolute atomic E-state index is 14.1. The van der Waals surface area contributed by atoms with Gasteiger partial charge in [0.25, 0.3) is 5.91 Å². The molecule has 6 nitrogen and oxygen atoms in total. The summed E-state index contributed by atoms with van der Waals surface area (Å²) in [7, 11) is 0. The van der Waals surface area contributed by atoms with E-state index in [0.717, 1.165) is 18.3 Å². The topological polar surface area (TPSA) is 58.4 Å². The first kappa shape index (κ1) is 21.8. The molecule has 1 saturated heterocycles. The number of para-hydroxylation sites is 1. The van der Waals surface area contributed by atoms with Crippen LogP contribution in [0.3, 0.4) is 0 Å². The molecule has 10 heteroatoms. The fourth-order valence-corrected chi connectivity index (χ4v) is 3.34. The zero-order chi connectivity index (χ0) is 22.3. The van der Waals surface area contributed by atoms with Gasteiger partial charge < -0.3 is 9.80 Å². The van der Waals surface area contributed by atoms with Gasteiger partial charge in [-0.3, -0.25) is 9.59 Å². The van der Waals surface area contributed by atoms with Crippen molar-refractivity contribution in [1.82, 2.24) is 19.6 Å². The van der Waals surface area contributed by atoms with Crippen molar-refractivity contribution in [2.24, 2.45) is 5.41 Å². The van der Waals surface area contributed by atoms with Gasteiger partial charge in [0, 0.05) is 31.6 Å². The van der Waals surface area contributed by atoms with Crippen LogP contribution in [-0.2, 0) is 11.0 Å². The molecule has 1 aliphatic rings. The SMILES string of the molecule is CC(C)(C)C(=O)N1CCN(C(=O)c2cnn(-c3ccccc3F)c2C(F)(F)F)CC1. The number of rotatable bonds is 2. The van der Waals surface area contributed by atoms with Crippen LogP contribution >= 0.6 is 0 Å². The van der Waals surface area contributed by atoms with Crippen molar-refractivity contribution in [3.8, 4) is 5.69 Å². The standard InChI is InChI=1S/C20H22F4N4O2/c1-19(2,3)18(30)27-10-8-26(9-11-27)17(29)13-12-25-28(16(13)20(22,23)24)15-7-5-4-6-14(15)21/h4-7,12H,8-11H2,1-3H3. The lowest BCUT2D eigenvalue weighted by Gasteiger charge is -2.37. The van der Waals surface area contributed by atoms with Gasteiger partial charge in [0.15, 0.2) is 5.69 Å². The predicted octanol–water partition coefficient (Wildman–Crippen LogP) is 3.36. The Labute approximate surface area is 171 Å². The number of nitrogens with zero attached hydrogens (tertiary/aromatic N) is 4. The van der Waals surface area contributed by atoms with Crippen molar-refractivity contribution >= 4 is 11.8 Å². The number of piperazine rings is 1. The van der Waals surface area contributed by atoms with Crippen LogP contribution in [0.2, 0.25) is 0 Å². The summed E-state index contributed by atoms with van der Waals surface area (Å²) in [6.07, 6.45) is -4.11. The molecule has 2 aromatic rings. The number of aromatic nitrogens is 2. The molecule has 1 aliphatic heterocycles. The Hall–Kier alpha value is -2.91. The number of hydrogen-bond acceptors (Lipinski definition) is 3. The molecule has 2 heterocycles. The molecule has 0 unspecified atom stereocenters. The first-order valence-electron chi connectivity index (χ1n) is 9.40. The first-order valence-corrected chi connectivity index (χ1v) is 9.40. The molecule has 30 heavy (non-hydrogen) atoms. The fraction of sp³-hybridized carbons (Fsp3) is 0.450. The van der Waals surface area contributed by atoms with Crippen molar-refractivity contribution in [3.05, 3.63) is 47.5 Å². The number of carbonyl (C=O) groups excluding carboxylic acids is 2. The summed E-state index contributed by atoms with van der Waals surface area (Å²) >= 11 is 0. The molecule has 1 aromatic carbocycles. The molecule has 162 valence electrons. The number of amides is 2. The molecular weight excluding hydrogens is 404 g/mol. The van der Waals surface area contributed by atoms with Crippen molar-refractivity contribution in [1.29, 1.82) is 0 Å². The molecule has 0 aliphatic carbocycles. The third-order valence-corrected chi connectivity index (χ3v) is 4.84. The summed E-state index contributed by atoms with van der Waals surface area (Å²) < 4.78 is 55.8. The Morgan fingerprint density at radius 2 is 1.53 bits per heavy atom. The Morgan fingerprint density at radius 1 is 0.967 bits per heavy atom. The van der Waals surface area contributed by atoms with E-state index in [-0.39, 0.29) is 32.1 Å². The monoisotopic (exact) mass is 426 g/mol. The van der Waals surface area contributed by atoms with Crippen molar-refractivity contribution < 1.29 is 27.2 Å². The molecule has 0 saturated carbocycles. The second kappa shape index (κ2) is 7.73. The van der Waals surface area contributed by atoms with E-state index in [2.05, 4.69) is 5.10 Å². The molecule has 0 N–H and O–H groups in total. The summed E-state index contributed by atoms with van der Waals surface area (Å²) in [4.78, 5) is 28.1. The van der Waals surface area contributed by atoms with Crippen LogP contribution in [-0.4, -0.2) is 57.6 Å². The van der Waals surface area contributed by atoms with E-state index in [1.165, 1.54) is 17.0 Å². The van der Waals surface area contributed by atoms with Crippen LogP contribution in [0.5, 0.6) is 0 Å². The highest BCUT2D eigenvalue weighted by Crippen LogP contribution is 2.35. The van der Waals surface area contributed by atoms with E-state index < -0.39 is 40.3 Å². The maximum Gasteiger partial charge on any atom is 0.434 e. The highest BCUT2D eigenvalue weighted by molar-refractivity contribution is 5.95. The van der Waals surface area contributed by atoms with Crippen LogP contribution in [0.4, 0.5) is 17.6 Å². The molecule has 0 atom stereocenters. The van der Waals surface area contributed by atoms with E-state index in [4.69, 9.17) is 0 Å². The van der Waals surface area contributed by atoms with E-state index in [0.29, 0.717) is 4.68 Å². The van der Waals surface area contributed by atoms with Crippen LogP contribution in [0.1, 0.15) is 36.8 Å². The van der Waals surface area contributed by atoms with Crippen molar-refractivity contribution in [2.45, 2.75) is 26.9 Å². The average Bonchev–Trinajstić information content (AvgIpc) is 3.12.